The Morgan fingerprint density at radius 1 is 1.11 bits per heavy atom. The van der Waals surface area contributed by atoms with Gasteiger partial charge in [-0.3, -0.25) is 9.36 Å². The van der Waals surface area contributed by atoms with Crippen molar-refractivity contribution in [2.75, 3.05) is 27.4 Å². The lowest BCUT2D eigenvalue weighted by atomic mass is 9.95. The normalized spacial score (nSPS) is 15.1. The SMILES string of the molecule is CCOC(=O)C1=C(C)N=c2s/c(=C\c3cc(Br)cc(Br)c3OC)c(=O)n2[C@@H]1c1ccc(OC)c(OCC)c1. The molecule has 0 spiro atoms. The molecule has 4 rings (SSSR count). The molecule has 38 heavy (non-hydrogen) atoms. The van der Waals surface area contributed by atoms with E-state index in [9.17, 15) is 9.59 Å². The van der Waals surface area contributed by atoms with Crippen LogP contribution in [0.25, 0.3) is 6.08 Å². The van der Waals surface area contributed by atoms with Crippen LogP contribution in [-0.2, 0) is 9.53 Å². The maximum absolute atomic E-state index is 13.9. The van der Waals surface area contributed by atoms with E-state index in [1.54, 1.807) is 46.3 Å². The van der Waals surface area contributed by atoms with E-state index in [1.165, 1.54) is 15.9 Å². The van der Waals surface area contributed by atoms with Crippen molar-refractivity contribution in [3.63, 3.8) is 0 Å². The van der Waals surface area contributed by atoms with Crippen LogP contribution in [0.15, 0.2) is 60.3 Å². The highest BCUT2D eigenvalue weighted by molar-refractivity contribution is 9.11. The average Bonchev–Trinajstić information content (AvgIpc) is 3.17. The largest absolute Gasteiger partial charge is 0.495 e. The van der Waals surface area contributed by atoms with Gasteiger partial charge in [0.2, 0.25) is 0 Å². The zero-order valence-corrected chi connectivity index (χ0v) is 25.5. The van der Waals surface area contributed by atoms with E-state index >= 15 is 0 Å². The number of carbonyl (C=O) groups is 1. The summed E-state index contributed by atoms with van der Waals surface area (Å²) >= 11 is 8.25. The summed E-state index contributed by atoms with van der Waals surface area (Å²) < 4.78 is 25.7. The molecule has 1 atom stereocenters. The molecule has 11 heteroatoms. The van der Waals surface area contributed by atoms with Gasteiger partial charge in [-0.05, 0) is 72.6 Å². The van der Waals surface area contributed by atoms with Crippen LogP contribution in [0.2, 0.25) is 0 Å². The van der Waals surface area contributed by atoms with Crippen LogP contribution >= 0.6 is 43.2 Å². The number of nitrogens with zero attached hydrogens (tertiary/aromatic N) is 2. The molecule has 8 nitrogen and oxygen atoms in total. The number of esters is 1. The number of thiazole rings is 1. The molecule has 1 aromatic heterocycles. The second kappa shape index (κ2) is 11.9. The summed E-state index contributed by atoms with van der Waals surface area (Å²) in [6, 6.07) is 8.33. The van der Waals surface area contributed by atoms with Crippen molar-refractivity contribution < 1.29 is 23.7 Å². The fourth-order valence-corrected chi connectivity index (χ4v) is 6.74. The molecule has 0 saturated carbocycles. The average molecular weight is 666 g/mol. The number of fused-ring (bicyclic) bond motifs is 1. The second-order valence-corrected chi connectivity index (χ2v) is 10.9. The minimum absolute atomic E-state index is 0.192. The van der Waals surface area contributed by atoms with Gasteiger partial charge in [-0.2, -0.15) is 0 Å². The smallest absolute Gasteiger partial charge is 0.338 e. The molecular formula is C27H26Br2N2O6S. The molecule has 0 aliphatic carbocycles. The van der Waals surface area contributed by atoms with Crippen LogP contribution in [0.3, 0.4) is 0 Å². The Labute approximate surface area is 240 Å². The van der Waals surface area contributed by atoms with Gasteiger partial charge < -0.3 is 18.9 Å². The first-order valence-corrected chi connectivity index (χ1v) is 14.2. The van der Waals surface area contributed by atoms with Gasteiger partial charge in [0.1, 0.15) is 5.75 Å². The lowest BCUT2D eigenvalue weighted by molar-refractivity contribution is -0.139. The van der Waals surface area contributed by atoms with E-state index in [0.29, 0.717) is 55.6 Å². The molecule has 3 aromatic rings. The molecule has 0 fully saturated rings. The molecule has 1 aliphatic rings. The van der Waals surface area contributed by atoms with E-state index in [4.69, 9.17) is 18.9 Å². The van der Waals surface area contributed by atoms with Crippen molar-refractivity contribution in [1.29, 1.82) is 0 Å². The Kier molecular flexibility index (Phi) is 8.79. The van der Waals surface area contributed by atoms with Crippen molar-refractivity contribution >= 4 is 55.2 Å². The molecule has 0 radical (unpaired) electrons. The number of halogens is 2. The first-order chi connectivity index (χ1) is 18.2. The lowest BCUT2D eigenvalue weighted by Gasteiger charge is -2.25. The number of allylic oxidation sites excluding steroid dienone is 1. The van der Waals surface area contributed by atoms with Gasteiger partial charge in [-0.1, -0.05) is 33.3 Å². The first kappa shape index (κ1) is 28.1. The molecule has 200 valence electrons. The zero-order valence-electron chi connectivity index (χ0n) is 21.5. The van der Waals surface area contributed by atoms with E-state index < -0.39 is 12.0 Å². The fraction of sp³-hybridized carbons (Fsp3) is 0.296. The molecule has 0 bridgehead atoms. The van der Waals surface area contributed by atoms with E-state index in [-0.39, 0.29) is 12.2 Å². The Bertz CT molecular complexity index is 1610. The van der Waals surface area contributed by atoms with Gasteiger partial charge in [0, 0.05) is 10.0 Å². The highest BCUT2D eigenvalue weighted by atomic mass is 79.9. The number of benzene rings is 2. The predicted molar refractivity (Wildman–Crippen MR) is 153 cm³/mol. The summed E-state index contributed by atoms with van der Waals surface area (Å²) in [7, 11) is 3.13. The third-order valence-corrected chi connectivity index (χ3v) is 7.88. The minimum atomic E-state index is -0.770. The Balaban J connectivity index is 2.00. The van der Waals surface area contributed by atoms with Crippen LogP contribution in [-0.4, -0.2) is 38.0 Å². The van der Waals surface area contributed by atoms with Crippen LogP contribution in [0.5, 0.6) is 17.2 Å². The molecule has 0 unspecified atom stereocenters. The summed E-state index contributed by atoms with van der Waals surface area (Å²) in [5, 5.41) is 0. The van der Waals surface area contributed by atoms with Gasteiger partial charge in [0.05, 0.1) is 53.8 Å². The number of methoxy groups -OCH3 is 2. The Hall–Kier alpha value is -2.89. The molecule has 1 aliphatic heterocycles. The number of carbonyl (C=O) groups excluding carboxylic acids is 1. The Morgan fingerprint density at radius 3 is 2.53 bits per heavy atom. The lowest BCUT2D eigenvalue weighted by Crippen LogP contribution is -2.40. The highest BCUT2D eigenvalue weighted by Gasteiger charge is 2.34. The maximum Gasteiger partial charge on any atom is 0.338 e. The van der Waals surface area contributed by atoms with Crippen LogP contribution < -0.4 is 29.1 Å². The van der Waals surface area contributed by atoms with Gasteiger partial charge in [-0.15, -0.1) is 0 Å². The molecular weight excluding hydrogens is 640 g/mol. The monoisotopic (exact) mass is 664 g/mol. The third kappa shape index (κ3) is 5.32. The summed E-state index contributed by atoms with van der Waals surface area (Å²) in [6.45, 7) is 5.97. The van der Waals surface area contributed by atoms with Crippen LogP contribution in [0.4, 0.5) is 0 Å². The molecule has 0 N–H and O–H groups in total. The second-order valence-electron chi connectivity index (χ2n) is 8.16. The number of hydrogen-bond donors (Lipinski definition) is 0. The van der Waals surface area contributed by atoms with Crippen molar-refractivity contribution in [3.8, 4) is 17.2 Å². The van der Waals surface area contributed by atoms with Gasteiger partial charge in [0.15, 0.2) is 16.3 Å². The summed E-state index contributed by atoms with van der Waals surface area (Å²) in [6.07, 6.45) is 1.76. The standard InChI is InChI=1S/C27H26Br2N2O6S/c1-6-36-20-11-15(8-9-19(20)34-4)23-22(26(33)37-7-2)14(3)30-27-31(23)25(32)21(38-27)12-16-10-17(28)13-18(29)24(16)35-5/h8-13,23H,6-7H2,1-5H3/b21-12-/t23-/m1/s1. The number of ether oxygens (including phenoxy) is 4. The molecule has 2 aromatic carbocycles. The van der Waals surface area contributed by atoms with Crippen molar-refractivity contribution in [2.24, 2.45) is 4.99 Å². The van der Waals surface area contributed by atoms with Crippen LogP contribution in [0, 0.1) is 0 Å². The maximum atomic E-state index is 13.9. The zero-order chi connectivity index (χ0) is 27.6. The molecule has 2 heterocycles. The van der Waals surface area contributed by atoms with Crippen molar-refractivity contribution in [1.82, 2.24) is 4.57 Å². The third-order valence-electron chi connectivity index (χ3n) is 5.85. The summed E-state index contributed by atoms with van der Waals surface area (Å²) in [4.78, 5) is 32.2. The van der Waals surface area contributed by atoms with Crippen molar-refractivity contribution in [3.05, 3.63) is 81.4 Å². The minimum Gasteiger partial charge on any atom is -0.495 e. The first-order valence-electron chi connectivity index (χ1n) is 11.8. The van der Waals surface area contributed by atoms with Gasteiger partial charge in [-0.25, -0.2) is 9.79 Å². The topological polar surface area (TPSA) is 88.4 Å². The van der Waals surface area contributed by atoms with Gasteiger partial charge in [0.25, 0.3) is 5.56 Å². The highest BCUT2D eigenvalue weighted by Crippen LogP contribution is 2.36. The van der Waals surface area contributed by atoms with E-state index in [0.717, 1.165) is 8.95 Å². The number of aromatic nitrogens is 1. The van der Waals surface area contributed by atoms with Crippen molar-refractivity contribution in [2.45, 2.75) is 26.8 Å². The molecule has 0 amide bonds. The van der Waals surface area contributed by atoms with E-state index in [2.05, 4.69) is 36.9 Å². The summed E-state index contributed by atoms with van der Waals surface area (Å²) in [5.41, 5.74) is 1.86. The fourth-order valence-electron chi connectivity index (χ4n) is 4.28. The van der Waals surface area contributed by atoms with Gasteiger partial charge >= 0.3 is 5.97 Å². The number of rotatable bonds is 8. The quantitative estimate of drug-likeness (QED) is 0.323. The molecule has 0 saturated heterocycles. The summed E-state index contributed by atoms with van der Waals surface area (Å²) in [5.74, 6) is 1.12. The van der Waals surface area contributed by atoms with Crippen LogP contribution in [0.1, 0.15) is 37.9 Å². The number of hydrogen-bond acceptors (Lipinski definition) is 8. The predicted octanol–water partition coefficient (Wildman–Crippen LogP) is 4.74. The van der Waals surface area contributed by atoms with E-state index in [1.807, 2.05) is 25.1 Å². The Morgan fingerprint density at radius 2 is 1.87 bits per heavy atom.